The highest BCUT2D eigenvalue weighted by Gasteiger charge is 2.28. The Hall–Kier alpha value is -2.27. The summed E-state index contributed by atoms with van der Waals surface area (Å²) >= 11 is 5.66. The van der Waals surface area contributed by atoms with Crippen LogP contribution in [0, 0.1) is 0 Å². The monoisotopic (exact) mass is 356 g/mol. The molecule has 1 aliphatic rings. The predicted octanol–water partition coefficient (Wildman–Crippen LogP) is 4.63. The molecule has 5 heteroatoms. The Morgan fingerprint density at radius 3 is 2.44 bits per heavy atom. The van der Waals surface area contributed by atoms with Gasteiger partial charge in [0, 0.05) is 12.2 Å². The summed E-state index contributed by atoms with van der Waals surface area (Å²) in [5.41, 5.74) is 2.25. The summed E-state index contributed by atoms with van der Waals surface area (Å²) in [4.78, 5) is 2.27. The number of likely N-dealkylation sites (tertiary alicyclic amines) is 1. The van der Waals surface area contributed by atoms with Crippen molar-refractivity contribution in [2.24, 2.45) is 0 Å². The zero-order valence-corrected chi connectivity index (χ0v) is 15.5. The molecule has 1 atom stereocenters. The highest BCUT2D eigenvalue weighted by atomic mass is 32.1. The van der Waals surface area contributed by atoms with Gasteiger partial charge in [-0.3, -0.25) is 0 Å². The molecule has 0 unspecified atom stereocenters. The average molecular weight is 356 g/mol. The van der Waals surface area contributed by atoms with Gasteiger partial charge in [0.1, 0.15) is 11.5 Å². The number of hydrogen-bond donors (Lipinski definition) is 1. The largest absolute Gasteiger partial charge is 0.497 e. The van der Waals surface area contributed by atoms with Crippen molar-refractivity contribution >= 4 is 23.0 Å². The quantitative estimate of drug-likeness (QED) is 0.790. The first-order chi connectivity index (χ1) is 12.2. The minimum absolute atomic E-state index is 0.314. The van der Waals surface area contributed by atoms with Crippen LogP contribution in [0.3, 0.4) is 0 Å². The van der Waals surface area contributed by atoms with Crippen LogP contribution >= 0.6 is 12.2 Å². The summed E-state index contributed by atoms with van der Waals surface area (Å²) in [7, 11) is 1.67. The van der Waals surface area contributed by atoms with Gasteiger partial charge in [0.05, 0.1) is 19.8 Å². The number of thiocarbonyl (C=S) groups is 1. The molecule has 0 aliphatic carbocycles. The summed E-state index contributed by atoms with van der Waals surface area (Å²) in [5.74, 6) is 1.75. The van der Waals surface area contributed by atoms with Crippen LogP contribution in [0.5, 0.6) is 11.5 Å². The lowest BCUT2D eigenvalue weighted by Gasteiger charge is -2.28. The maximum atomic E-state index is 5.66. The van der Waals surface area contributed by atoms with Crippen molar-refractivity contribution in [3.05, 3.63) is 54.1 Å². The maximum Gasteiger partial charge on any atom is 0.173 e. The third kappa shape index (κ3) is 4.23. The third-order valence-corrected chi connectivity index (χ3v) is 4.77. The predicted molar refractivity (Wildman–Crippen MR) is 106 cm³/mol. The van der Waals surface area contributed by atoms with Crippen LogP contribution in [-0.4, -0.2) is 30.3 Å². The van der Waals surface area contributed by atoms with Gasteiger partial charge in [-0.15, -0.1) is 0 Å². The Labute approximate surface area is 154 Å². The van der Waals surface area contributed by atoms with Crippen molar-refractivity contribution in [2.45, 2.75) is 25.8 Å². The first-order valence-corrected chi connectivity index (χ1v) is 9.06. The highest BCUT2D eigenvalue weighted by molar-refractivity contribution is 7.80. The van der Waals surface area contributed by atoms with E-state index in [4.69, 9.17) is 21.7 Å². The van der Waals surface area contributed by atoms with Crippen LogP contribution in [0.4, 0.5) is 5.69 Å². The van der Waals surface area contributed by atoms with Crippen LogP contribution in [0.1, 0.15) is 31.4 Å². The molecule has 1 saturated heterocycles. The summed E-state index contributed by atoms with van der Waals surface area (Å²) in [6, 6.07) is 16.5. The van der Waals surface area contributed by atoms with Crippen LogP contribution < -0.4 is 14.8 Å². The molecule has 1 N–H and O–H groups in total. The summed E-state index contributed by atoms with van der Waals surface area (Å²) in [5, 5.41) is 4.11. The Morgan fingerprint density at radius 1 is 1.12 bits per heavy atom. The van der Waals surface area contributed by atoms with Gasteiger partial charge >= 0.3 is 0 Å². The fourth-order valence-corrected chi connectivity index (χ4v) is 3.52. The van der Waals surface area contributed by atoms with E-state index in [0.717, 1.165) is 41.7 Å². The molecule has 25 heavy (non-hydrogen) atoms. The Balaban J connectivity index is 1.68. The molecular formula is C20H24N2O2S. The summed E-state index contributed by atoms with van der Waals surface area (Å²) < 4.78 is 10.7. The van der Waals surface area contributed by atoms with Gasteiger partial charge in [0.15, 0.2) is 5.11 Å². The van der Waals surface area contributed by atoms with Gasteiger partial charge in [0.25, 0.3) is 0 Å². The van der Waals surface area contributed by atoms with E-state index in [1.165, 1.54) is 5.56 Å². The summed E-state index contributed by atoms with van der Waals surface area (Å²) in [6.45, 7) is 3.65. The minimum atomic E-state index is 0.314. The summed E-state index contributed by atoms with van der Waals surface area (Å²) in [6.07, 6.45) is 2.25. The van der Waals surface area contributed by atoms with E-state index in [2.05, 4.69) is 22.3 Å². The fourth-order valence-electron chi connectivity index (χ4n) is 3.18. The average Bonchev–Trinajstić information content (AvgIpc) is 3.13. The van der Waals surface area contributed by atoms with Gasteiger partial charge in [-0.25, -0.2) is 0 Å². The number of nitrogens with zero attached hydrogens (tertiary/aromatic N) is 1. The van der Waals surface area contributed by atoms with Crippen LogP contribution in [-0.2, 0) is 0 Å². The van der Waals surface area contributed by atoms with Gasteiger partial charge in [0.2, 0.25) is 0 Å². The first-order valence-electron chi connectivity index (χ1n) is 8.65. The number of anilines is 1. The van der Waals surface area contributed by atoms with Crippen molar-refractivity contribution in [1.82, 2.24) is 4.90 Å². The van der Waals surface area contributed by atoms with E-state index in [1.54, 1.807) is 7.11 Å². The van der Waals surface area contributed by atoms with Crippen LogP contribution in [0.15, 0.2) is 48.5 Å². The number of nitrogens with one attached hydrogen (secondary N) is 1. The molecule has 0 bridgehead atoms. The second-order valence-electron chi connectivity index (χ2n) is 6.01. The molecule has 0 saturated carbocycles. The normalized spacial score (nSPS) is 16.6. The highest BCUT2D eigenvalue weighted by Crippen LogP contribution is 2.33. The van der Waals surface area contributed by atoms with Gasteiger partial charge in [-0.05, 0) is 73.9 Å². The van der Waals surface area contributed by atoms with E-state index < -0.39 is 0 Å². The lowest BCUT2D eigenvalue weighted by atomic mass is 10.0. The SMILES string of the molecule is CCOc1ccc([C@H]2CCCN2C(=S)Nc2ccc(OC)cc2)cc1. The smallest absolute Gasteiger partial charge is 0.173 e. The third-order valence-electron chi connectivity index (χ3n) is 4.43. The zero-order chi connectivity index (χ0) is 17.6. The van der Waals surface area contributed by atoms with Crippen molar-refractivity contribution in [3.8, 4) is 11.5 Å². The molecule has 0 radical (unpaired) electrons. The molecule has 2 aromatic carbocycles. The fraction of sp³-hybridized carbons (Fsp3) is 0.350. The molecule has 4 nitrogen and oxygen atoms in total. The lowest BCUT2D eigenvalue weighted by Crippen LogP contribution is -2.34. The van der Waals surface area contributed by atoms with E-state index in [9.17, 15) is 0 Å². The van der Waals surface area contributed by atoms with E-state index in [1.807, 2.05) is 43.3 Å². The first kappa shape index (κ1) is 17.5. The second kappa shape index (κ2) is 8.21. The zero-order valence-electron chi connectivity index (χ0n) is 14.7. The molecule has 1 fully saturated rings. The Morgan fingerprint density at radius 2 is 1.80 bits per heavy atom. The molecule has 0 amide bonds. The lowest BCUT2D eigenvalue weighted by molar-refractivity contribution is 0.339. The van der Waals surface area contributed by atoms with E-state index in [-0.39, 0.29) is 0 Å². The Bertz CT molecular complexity index is 701. The number of hydrogen-bond acceptors (Lipinski definition) is 3. The van der Waals surface area contributed by atoms with Crippen molar-refractivity contribution in [3.63, 3.8) is 0 Å². The van der Waals surface area contributed by atoms with E-state index >= 15 is 0 Å². The topological polar surface area (TPSA) is 33.7 Å². The molecule has 1 heterocycles. The molecule has 1 aliphatic heterocycles. The van der Waals surface area contributed by atoms with Crippen molar-refractivity contribution in [2.75, 3.05) is 25.6 Å². The van der Waals surface area contributed by atoms with Crippen LogP contribution in [0.2, 0.25) is 0 Å². The molecule has 2 aromatic rings. The maximum absolute atomic E-state index is 5.66. The van der Waals surface area contributed by atoms with Gasteiger partial charge < -0.3 is 19.7 Å². The molecule has 132 valence electrons. The Kier molecular flexibility index (Phi) is 5.76. The second-order valence-corrected chi connectivity index (χ2v) is 6.40. The van der Waals surface area contributed by atoms with Gasteiger partial charge in [-0.1, -0.05) is 12.1 Å². The molecular weight excluding hydrogens is 332 g/mol. The number of rotatable bonds is 5. The van der Waals surface area contributed by atoms with Crippen LogP contribution in [0.25, 0.3) is 0 Å². The standard InChI is InChI=1S/C20H24N2O2S/c1-3-24-18-10-6-15(7-11-18)19-5-4-14-22(19)20(25)21-16-8-12-17(23-2)13-9-16/h6-13,19H,3-5,14H2,1-2H3,(H,21,25)/t19-/m1/s1. The van der Waals surface area contributed by atoms with Gasteiger partial charge in [-0.2, -0.15) is 0 Å². The number of benzene rings is 2. The minimum Gasteiger partial charge on any atom is -0.497 e. The molecule has 0 spiro atoms. The molecule has 3 rings (SSSR count). The molecule has 0 aromatic heterocycles. The van der Waals surface area contributed by atoms with E-state index in [0.29, 0.717) is 12.6 Å². The number of methoxy groups -OCH3 is 1. The van der Waals surface area contributed by atoms with Crippen molar-refractivity contribution in [1.29, 1.82) is 0 Å². The number of ether oxygens (including phenoxy) is 2. The van der Waals surface area contributed by atoms with Crippen molar-refractivity contribution < 1.29 is 9.47 Å².